The summed E-state index contributed by atoms with van der Waals surface area (Å²) in [5.74, 6) is 1.14. The Labute approximate surface area is 104 Å². The van der Waals surface area contributed by atoms with E-state index in [1.807, 2.05) is 11.8 Å². The zero-order chi connectivity index (χ0) is 11.8. The summed E-state index contributed by atoms with van der Waals surface area (Å²) in [6.07, 6.45) is 2.51. The third-order valence-electron chi connectivity index (χ3n) is 2.67. The molecule has 16 heavy (non-hydrogen) atoms. The lowest BCUT2D eigenvalue weighted by atomic mass is 10.1. The Morgan fingerprint density at radius 3 is 2.44 bits per heavy atom. The van der Waals surface area contributed by atoms with Gasteiger partial charge in [-0.3, -0.25) is 0 Å². The normalized spacial score (nSPS) is 12.7. The van der Waals surface area contributed by atoms with Crippen molar-refractivity contribution in [1.29, 1.82) is 0 Å². The van der Waals surface area contributed by atoms with Crippen LogP contribution in [0.5, 0.6) is 0 Å². The van der Waals surface area contributed by atoms with Crippen LogP contribution in [0.25, 0.3) is 0 Å². The molecule has 0 spiro atoms. The highest BCUT2D eigenvalue weighted by molar-refractivity contribution is 7.99. The summed E-state index contributed by atoms with van der Waals surface area (Å²) >= 11 is 1.90. The van der Waals surface area contributed by atoms with Crippen molar-refractivity contribution in [2.45, 2.75) is 44.6 Å². The first-order chi connectivity index (χ1) is 7.77. The van der Waals surface area contributed by atoms with Crippen LogP contribution in [0.2, 0.25) is 0 Å². The molecule has 90 valence electrons. The first-order valence-corrected chi connectivity index (χ1v) is 7.22. The van der Waals surface area contributed by atoms with Gasteiger partial charge in [0.15, 0.2) is 0 Å². The van der Waals surface area contributed by atoms with Crippen LogP contribution >= 0.6 is 11.8 Å². The number of hydrogen-bond acceptors (Lipinski definition) is 2. The summed E-state index contributed by atoms with van der Waals surface area (Å²) in [7, 11) is 0. The molecular weight excluding hydrogens is 214 g/mol. The number of thioether (sulfide) groups is 1. The van der Waals surface area contributed by atoms with E-state index in [2.05, 4.69) is 50.4 Å². The molecule has 0 saturated carbocycles. The average molecular weight is 237 g/mol. The third-order valence-corrected chi connectivity index (χ3v) is 3.57. The molecule has 0 aliphatic carbocycles. The van der Waals surface area contributed by atoms with Gasteiger partial charge in [-0.15, -0.1) is 11.8 Å². The molecule has 1 aromatic carbocycles. The van der Waals surface area contributed by atoms with Crippen LogP contribution in [0.1, 0.15) is 45.2 Å². The summed E-state index contributed by atoms with van der Waals surface area (Å²) in [6, 6.07) is 9.39. The average Bonchev–Trinajstić information content (AvgIpc) is 2.30. The van der Waals surface area contributed by atoms with E-state index in [-0.39, 0.29) is 0 Å². The Morgan fingerprint density at radius 1 is 1.19 bits per heavy atom. The second-order valence-electron chi connectivity index (χ2n) is 4.03. The van der Waals surface area contributed by atoms with Gasteiger partial charge in [-0.2, -0.15) is 0 Å². The van der Waals surface area contributed by atoms with Crippen LogP contribution in [0, 0.1) is 0 Å². The van der Waals surface area contributed by atoms with Gasteiger partial charge in [0.25, 0.3) is 0 Å². The van der Waals surface area contributed by atoms with Gasteiger partial charge in [0.1, 0.15) is 0 Å². The monoisotopic (exact) mass is 237 g/mol. The smallest absolute Gasteiger partial charge is 0.0291 e. The summed E-state index contributed by atoms with van der Waals surface area (Å²) in [5.41, 5.74) is 1.39. The Morgan fingerprint density at radius 2 is 1.88 bits per heavy atom. The highest BCUT2D eigenvalue weighted by Gasteiger charge is 2.03. The largest absolute Gasteiger partial charge is 0.310 e. The third kappa shape index (κ3) is 4.58. The summed E-state index contributed by atoms with van der Waals surface area (Å²) in [4.78, 5) is 1.37. The fraction of sp³-hybridized carbons (Fsp3) is 0.571. The molecule has 0 aromatic heterocycles. The second-order valence-corrected chi connectivity index (χ2v) is 5.37. The lowest BCUT2D eigenvalue weighted by Crippen LogP contribution is -2.19. The van der Waals surface area contributed by atoms with Gasteiger partial charge in [0, 0.05) is 10.9 Å². The van der Waals surface area contributed by atoms with E-state index in [4.69, 9.17) is 0 Å². The molecule has 1 N–H and O–H groups in total. The molecule has 0 amide bonds. The standard InChI is InChI=1S/C14H23NS/c1-4-6-11-15-12(3)13-7-9-14(10-8-13)16-5-2/h7-10,12,15H,4-6,11H2,1-3H3. The van der Waals surface area contributed by atoms with E-state index in [1.54, 1.807) is 0 Å². The molecule has 0 radical (unpaired) electrons. The fourth-order valence-electron chi connectivity index (χ4n) is 1.63. The van der Waals surface area contributed by atoms with Crippen LogP contribution in [-0.4, -0.2) is 12.3 Å². The number of benzene rings is 1. The van der Waals surface area contributed by atoms with E-state index in [0.717, 1.165) is 12.3 Å². The van der Waals surface area contributed by atoms with Crippen LogP contribution < -0.4 is 5.32 Å². The van der Waals surface area contributed by atoms with Crippen molar-refractivity contribution in [2.75, 3.05) is 12.3 Å². The van der Waals surface area contributed by atoms with Crippen LogP contribution in [-0.2, 0) is 0 Å². The Balaban J connectivity index is 2.46. The first kappa shape index (κ1) is 13.6. The maximum absolute atomic E-state index is 3.54. The predicted molar refractivity (Wildman–Crippen MR) is 74.2 cm³/mol. The molecule has 1 unspecified atom stereocenters. The number of nitrogens with one attached hydrogen (secondary N) is 1. The predicted octanol–water partition coefficient (Wildman–Crippen LogP) is 4.25. The Bertz CT molecular complexity index is 281. The zero-order valence-corrected chi connectivity index (χ0v) is 11.4. The van der Waals surface area contributed by atoms with Crippen molar-refractivity contribution in [3.8, 4) is 0 Å². The molecule has 0 heterocycles. The van der Waals surface area contributed by atoms with Gasteiger partial charge < -0.3 is 5.32 Å². The lowest BCUT2D eigenvalue weighted by molar-refractivity contribution is 0.554. The molecule has 0 fully saturated rings. The van der Waals surface area contributed by atoms with Crippen LogP contribution in [0.3, 0.4) is 0 Å². The van der Waals surface area contributed by atoms with Crippen molar-refractivity contribution < 1.29 is 0 Å². The minimum Gasteiger partial charge on any atom is -0.310 e. The molecule has 1 atom stereocenters. The van der Waals surface area contributed by atoms with Crippen LogP contribution in [0.4, 0.5) is 0 Å². The molecule has 0 aliphatic rings. The maximum atomic E-state index is 3.54. The fourth-order valence-corrected chi connectivity index (χ4v) is 2.29. The van der Waals surface area contributed by atoms with E-state index < -0.39 is 0 Å². The lowest BCUT2D eigenvalue weighted by Gasteiger charge is -2.14. The maximum Gasteiger partial charge on any atom is 0.0291 e. The van der Waals surface area contributed by atoms with Gasteiger partial charge in [0.2, 0.25) is 0 Å². The van der Waals surface area contributed by atoms with Crippen molar-refractivity contribution in [1.82, 2.24) is 5.32 Å². The van der Waals surface area contributed by atoms with Crippen LogP contribution in [0.15, 0.2) is 29.2 Å². The van der Waals surface area contributed by atoms with E-state index in [0.29, 0.717) is 6.04 Å². The summed E-state index contributed by atoms with van der Waals surface area (Å²) < 4.78 is 0. The molecule has 0 aliphatic heterocycles. The summed E-state index contributed by atoms with van der Waals surface area (Å²) in [6.45, 7) is 7.76. The molecule has 0 bridgehead atoms. The van der Waals surface area contributed by atoms with E-state index in [9.17, 15) is 0 Å². The van der Waals surface area contributed by atoms with E-state index >= 15 is 0 Å². The van der Waals surface area contributed by atoms with Gasteiger partial charge in [-0.25, -0.2) is 0 Å². The number of unbranched alkanes of at least 4 members (excludes halogenated alkanes) is 1. The minimum atomic E-state index is 0.465. The minimum absolute atomic E-state index is 0.465. The molecular formula is C14H23NS. The van der Waals surface area contributed by atoms with Crippen molar-refractivity contribution in [2.24, 2.45) is 0 Å². The number of hydrogen-bond donors (Lipinski definition) is 1. The molecule has 1 rings (SSSR count). The van der Waals surface area contributed by atoms with Crippen molar-refractivity contribution in [3.63, 3.8) is 0 Å². The van der Waals surface area contributed by atoms with Gasteiger partial charge in [-0.1, -0.05) is 32.4 Å². The van der Waals surface area contributed by atoms with Crippen molar-refractivity contribution >= 4 is 11.8 Å². The second kappa shape index (κ2) is 7.75. The Kier molecular flexibility index (Phi) is 6.58. The molecule has 1 nitrogen and oxygen atoms in total. The number of rotatable bonds is 7. The van der Waals surface area contributed by atoms with Gasteiger partial charge in [0.05, 0.1) is 0 Å². The topological polar surface area (TPSA) is 12.0 Å². The Hall–Kier alpha value is -0.470. The highest BCUT2D eigenvalue weighted by atomic mass is 32.2. The van der Waals surface area contributed by atoms with E-state index in [1.165, 1.54) is 23.3 Å². The van der Waals surface area contributed by atoms with Crippen molar-refractivity contribution in [3.05, 3.63) is 29.8 Å². The first-order valence-electron chi connectivity index (χ1n) is 6.24. The van der Waals surface area contributed by atoms with Gasteiger partial charge >= 0.3 is 0 Å². The SMILES string of the molecule is CCCCNC(C)c1ccc(SCC)cc1. The highest BCUT2D eigenvalue weighted by Crippen LogP contribution is 2.20. The molecule has 0 saturated heterocycles. The van der Waals surface area contributed by atoms with Gasteiger partial charge in [-0.05, 0) is 43.3 Å². The molecule has 1 aromatic rings. The summed E-state index contributed by atoms with van der Waals surface area (Å²) in [5, 5.41) is 3.54. The quantitative estimate of drug-likeness (QED) is 0.562. The zero-order valence-electron chi connectivity index (χ0n) is 10.6. The molecule has 2 heteroatoms.